The molecule has 1 fully saturated rings. The molecule has 0 aromatic rings. The minimum absolute atomic E-state index is 0.425. The van der Waals surface area contributed by atoms with Crippen LogP contribution in [0.1, 0.15) is 13.3 Å². The smallest absolute Gasteiger partial charge is 0.253 e. The largest absolute Gasteiger partial charge is 0.316 e. The Morgan fingerprint density at radius 2 is 2.08 bits per heavy atom. The van der Waals surface area contributed by atoms with E-state index in [9.17, 15) is 8.78 Å². The summed E-state index contributed by atoms with van der Waals surface area (Å²) < 4.78 is 26.8. The molecule has 0 radical (unpaired) electrons. The van der Waals surface area contributed by atoms with Crippen molar-refractivity contribution >= 4 is 0 Å². The maximum Gasteiger partial charge on any atom is 0.253 e. The van der Waals surface area contributed by atoms with Gasteiger partial charge in [0, 0.05) is 20.0 Å². The lowest BCUT2D eigenvalue weighted by Crippen LogP contribution is -2.47. The minimum atomic E-state index is -2.60. The summed E-state index contributed by atoms with van der Waals surface area (Å²) in [7, 11) is 3.68. The van der Waals surface area contributed by atoms with Gasteiger partial charge in [-0.25, -0.2) is 8.78 Å². The quantitative estimate of drug-likeness (QED) is 0.722. The van der Waals surface area contributed by atoms with Crippen molar-refractivity contribution < 1.29 is 8.78 Å². The Kier molecular flexibility index (Phi) is 2.92. The van der Waals surface area contributed by atoms with E-state index < -0.39 is 11.3 Å². The molecule has 0 aromatic carbocycles. The van der Waals surface area contributed by atoms with E-state index in [4.69, 9.17) is 0 Å². The second-order valence-corrected chi connectivity index (χ2v) is 4.33. The summed E-state index contributed by atoms with van der Waals surface area (Å²) in [5.41, 5.74) is -0.865. The van der Waals surface area contributed by atoms with Gasteiger partial charge in [0.2, 0.25) is 0 Å². The summed E-state index contributed by atoms with van der Waals surface area (Å²) in [5, 5.41) is 3.02. The van der Waals surface area contributed by atoms with Crippen LogP contribution in [-0.2, 0) is 0 Å². The van der Waals surface area contributed by atoms with E-state index in [1.165, 1.54) is 0 Å². The summed E-state index contributed by atoms with van der Waals surface area (Å²) in [6.45, 7) is 2.61. The highest BCUT2D eigenvalue weighted by atomic mass is 19.3. The molecule has 4 heteroatoms. The molecule has 0 bridgehead atoms. The zero-order chi connectivity index (χ0) is 10.1. The molecule has 1 rings (SSSR count). The van der Waals surface area contributed by atoms with Gasteiger partial charge in [0.15, 0.2) is 0 Å². The van der Waals surface area contributed by atoms with Crippen molar-refractivity contribution in [2.75, 3.05) is 33.7 Å². The van der Waals surface area contributed by atoms with Gasteiger partial charge in [-0.1, -0.05) is 0 Å². The highest BCUT2D eigenvalue weighted by Gasteiger charge is 2.51. The van der Waals surface area contributed by atoms with E-state index in [0.29, 0.717) is 26.1 Å². The third-order valence-corrected chi connectivity index (χ3v) is 2.79. The summed E-state index contributed by atoms with van der Waals surface area (Å²) in [4.78, 5) is 1.84. The number of nitrogens with zero attached hydrogens (tertiary/aromatic N) is 1. The molecule has 0 aliphatic carbocycles. The first-order chi connectivity index (χ1) is 5.87. The lowest BCUT2D eigenvalue weighted by atomic mass is 9.80. The lowest BCUT2D eigenvalue weighted by molar-refractivity contribution is -0.105. The van der Waals surface area contributed by atoms with Crippen LogP contribution in [0.15, 0.2) is 0 Å². The molecule has 1 saturated heterocycles. The monoisotopic (exact) mass is 192 g/mol. The summed E-state index contributed by atoms with van der Waals surface area (Å²) in [5.74, 6) is -2.60. The Labute approximate surface area is 78.3 Å². The number of rotatable bonds is 3. The number of halogens is 2. The highest BCUT2D eigenvalue weighted by molar-refractivity contribution is 4.97. The Morgan fingerprint density at radius 1 is 1.46 bits per heavy atom. The van der Waals surface area contributed by atoms with Crippen LogP contribution in [0, 0.1) is 5.41 Å². The molecule has 1 N–H and O–H groups in total. The number of alkyl halides is 2. The lowest BCUT2D eigenvalue weighted by Gasteiger charge is -2.36. The molecule has 0 saturated carbocycles. The van der Waals surface area contributed by atoms with Gasteiger partial charge in [-0.15, -0.1) is 0 Å². The van der Waals surface area contributed by atoms with Gasteiger partial charge in [0.05, 0.1) is 5.41 Å². The van der Waals surface area contributed by atoms with Crippen LogP contribution in [0.5, 0.6) is 0 Å². The fourth-order valence-electron chi connectivity index (χ4n) is 2.00. The van der Waals surface area contributed by atoms with Crippen LogP contribution < -0.4 is 5.32 Å². The van der Waals surface area contributed by atoms with Crippen LogP contribution in [0.3, 0.4) is 0 Å². The molecule has 1 heterocycles. The fourth-order valence-corrected chi connectivity index (χ4v) is 2.00. The van der Waals surface area contributed by atoms with E-state index >= 15 is 0 Å². The molecule has 1 unspecified atom stereocenters. The predicted molar refractivity (Wildman–Crippen MR) is 49.1 cm³/mol. The standard InChI is InChI=1S/C9H18F2N2/c1-8(10,11)9(7-13(2)3)4-5-12-6-9/h12H,4-7H2,1-3H3. The average Bonchev–Trinajstić information content (AvgIpc) is 2.33. The fraction of sp³-hybridized carbons (Fsp3) is 1.00. The Hall–Kier alpha value is -0.220. The topological polar surface area (TPSA) is 15.3 Å². The third kappa shape index (κ3) is 2.17. The highest BCUT2D eigenvalue weighted by Crippen LogP contribution is 2.41. The molecule has 2 nitrogen and oxygen atoms in total. The summed E-state index contributed by atoms with van der Waals surface area (Å²) in [6, 6.07) is 0. The van der Waals surface area contributed by atoms with Gasteiger partial charge in [-0.2, -0.15) is 0 Å². The zero-order valence-electron chi connectivity index (χ0n) is 8.53. The van der Waals surface area contributed by atoms with Crippen molar-refractivity contribution in [2.24, 2.45) is 5.41 Å². The van der Waals surface area contributed by atoms with Gasteiger partial charge in [0.1, 0.15) is 0 Å². The van der Waals surface area contributed by atoms with Crippen LogP contribution in [0.25, 0.3) is 0 Å². The van der Waals surface area contributed by atoms with Gasteiger partial charge >= 0.3 is 0 Å². The zero-order valence-corrected chi connectivity index (χ0v) is 8.53. The van der Waals surface area contributed by atoms with E-state index in [1.807, 2.05) is 19.0 Å². The molecule has 1 atom stereocenters. The summed E-state index contributed by atoms with van der Waals surface area (Å²) >= 11 is 0. The van der Waals surface area contributed by atoms with Crippen molar-refractivity contribution in [3.8, 4) is 0 Å². The van der Waals surface area contributed by atoms with Crippen LogP contribution in [-0.4, -0.2) is 44.6 Å². The summed E-state index contributed by atoms with van der Waals surface area (Å²) in [6.07, 6.45) is 0.564. The van der Waals surface area contributed by atoms with E-state index in [-0.39, 0.29) is 0 Å². The molecular formula is C9H18F2N2. The first-order valence-electron chi connectivity index (χ1n) is 4.61. The van der Waals surface area contributed by atoms with Gasteiger partial charge < -0.3 is 10.2 Å². The molecule has 1 aliphatic rings. The molecule has 1 aliphatic heterocycles. The van der Waals surface area contributed by atoms with Crippen molar-refractivity contribution in [2.45, 2.75) is 19.3 Å². The normalized spacial score (nSPS) is 30.0. The van der Waals surface area contributed by atoms with Crippen molar-refractivity contribution in [1.82, 2.24) is 10.2 Å². The Balaban J connectivity index is 2.75. The van der Waals surface area contributed by atoms with Gasteiger partial charge in [-0.3, -0.25) is 0 Å². The SMILES string of the molecule is CN(C)CC1(C(C)(F)F)CCNC1. The average molecular weight is 192 g/mol. The Bertz CT molecular complexity index is 169. The minimum Gasteiger partial charge on any atom is -0.316 e. The van der Waals surface area contributed by atoms with E-state index in [2.05, 4.69) is 5.32 Å². The molecule has 78 valence electrons. The maximum absolute atomic E-state index is 13.4. The molecule has 0 spiro atoms. The van der Waals surface area contributed by atoms with Crippen LogP contribution in [0.2, 0.25) is 0 Å². The van der Waals surface area contributed by atoms with E-state index in [1.54, 1.807) is 0 Å². The predicted octanol–water partition coefficient (Wildman–Crippen LogP) is 1.18. The van der Waals surface area contributed by atoms with E-state index in [0.717, 1.165) is 6.92 Å². The maximum atomic E-state index is 13.4. The molecule has 0 aromatic heterocycles. The second-order valence-electron chi connectivity index (χ2n) is 4.33. The first kappa shape index (κ1) is 10.9. The third-order valence-electron chi connectivity index (χ3n) is 2.79. The first-order valence-corrected chi connectivity index (χ1v) is 4.61. The van der Waals surface area contributed by atoms with Crippen LogP contribution >= 0.6 is 0 Å². The molecular weight excluding hydrogens is 174 g/mol. The number of hydrogen-bond acceptors (Lipinski definition) is 2. The Morgan fingerprint density at radius 3 is 2.38 bits per heavy atom. The van der Waals surface area contributed by atoms with Crippen LogP contribution in [0.4, 0.5) is 8.78 Å². The van der Waals surface area contributed by atoms with Crippen molar-refractivity contribution in [3.05, 3.63) is 0 Å². The molecule has 13 heavy (non-hydrogen) atoms. The molecule has 0 amide bonds. The van der Waals surface area contributed by atoms with Crippen molar-refractivity contribution in [1.29, 1.82) is 0 Å². The van der Waals surface area contributed by atoms with Crippen molar-refractivity contribution in [3.63, 3.8) is 0 Å². The number of nitrogens with one attached hydrogen (secondary N) is 1. The van der Waals surface area contributed by atoms with Gasteiger partial charge in [0.25, 0.3) is 5.92 Å². The second kappa shape index (κ2) is 3.50. The van der Waals surface area contributed by atoms with Gasteiger partial charge in [-0.05, 0) is 27.1 Å². The number of hydrogen-bond donors (Lipinski definition) is 1.